The zero-order valence-corrected chi connectivity index (χ0v) is 11.2. The number of thioether (sulfide) groups is 1. The van der Waals surface area contributed by atoms with E-state index in [9.17, 15) is 4.39 Å². The fraction of sp³-hybridized carbons (Fsp3) is 0.167. The second-order valence-electron chi connectivity index (χ2n) is 3.71. The molecule has 0 atom stereocenters. The highest BCUT2D eigenvalue weighted by molar-refractivity contribution is 7.98. The van der Waals surface area contributed by atoms with Crippen LogP contribution in [0.25, 0.3) is 0 Å². The van der Waals surface area contributed by atoms with Crippen molar-refractivity contribution in [2.75, 3.05) is 5.73 Å². The minimum Gasteiger partial charge on any atom is -0.384 e. The van der Waals surface area contributed by atoms with E-state index in [4.69, 9.17) is 17.3 Å². The molecule has 1 aromatic carbocycles. The van der Waals surface area contributed by atoms with E-state index in [1.54, 1.807) is 18.2 Å². The molecule has 1 aromatic heterocycles. The van der Waals surface area contributed by atoms with Crippen LogP contribution in [-0.2, 0) is 5.75 Å². The van der Waals surface area contributed by atoms with E-state index < -0.39 is 0 Å². The van der Waals surface area contributed by atoms with Gasteiger partial charge in [0.1, 0.15) is 11.6 Å². The third-order valence-electron chi connectivity index (χ3n) is 2.26. The van der Waals surface area contributed by atoms with Crippen molar-refractivity contribution in [3.8, 4) is 0 Å². The SMILES string of the molecule is Cc1cc(N)nc(SCc2c(F)cccc2Cl)n1. The average molecular weight is 284 g/mol. The number of hydrogen-bond donors (Lipinski definition) is 1. The van der Waals surface area contributed by atoms with Gasteiger partial charge in [-0.25, -0.2) is 14.4 Å². The summed E-state index contributed by atoms with van der Waals surface area (Å²) in [5, 5.41) is 0.926. The van der Waals surface area contributed by atoms with Crippen LogP contribution in [0.5, 0.6) is 0 Å². The van der Waals surface area contributed by atoms with Crippen LogP contribution < -0.4 is 5.73 Å². The molecule has 0 amide bonds. The lowest BCUT2D eigenvalue weighted by Crippen LogP contribution is -1.97. The molecule has 0 radical (unpaired) electrons. The highest BCUT2D eigenvalue weighted by atomic mass is 35.5. The minimum atomic E-state index is -0.323. The highest BCUT2D eigenvalue weighted by Gasteiger charge is 2.09. The van der Waals surface area contributed by atoms with Crippen molar-refractivity contribution in [2.24, 2.45) is 0 Å². The van der Waals surface area contributed by atoms with Gasteiger partial charge in [0, 0.05) is 28.1 Å². The Bertz CT molecular complexity index is 537. The molecule has 2 aromatic rings. The van der Waals surface area contributed by atoms with E-state index >= 15 is 0 Å². The monoisotopic (exact) mass is 283 g/mol. The van der Waals surface area contributed by atoms with Crippen molar-refractivity contribution in [1.29, 1.82) is 0 Å². The molecule has 2 N–H and O–H groups in total. The molecule has 0 unspecified atom stereocenters. The van der Waals surface area contributed by atoms with Gasteiger partial charge in [0.2, 0.25) is 0 Å². The highest BCUT2D eigenvalue weighted by Crippen LogP contribution is 2.27. The van der Waals surface area contributed by atoms with Crippen LogP contribution in [0, 0.1) is 12.7 Å². The van der Waals surface area contributed by atoms with E-state index in [-0.39, 0.29) is 5.82 Å². The molecule has 0 fully saturated rings. The van der Waals surface area contributed by atoms with Gasteiger partial charge in [-0.15, -0.1) is 0 Å². The quantitative estimate of drug-likeness (QED) is 0.692. The lowest BCUT2D eigenvalue weighted by Gasteiger charge is -2.05. The van der Waals surface area contributed by atoms with E-state index in [0.717, 1.165) is 5.69 Å². The maximum absolute atomic E-state index is 13.5. The summed E-state index contributed by atoms with van der Waals surface area (Å²) < 4.78 is 13.5. The van der Waals surface area contributed by atoms with Crippen molar-refractivity contribution in [1.82, 2.24) is 9.97 Å². The van der Waals surface area contributed by atoms with Crippen LogP contribution in [0.4, 0.5) is 10.2 Å². The van der Waals surface area contributed by atoms with Crippen molar-refractivity contribution in [3.63, 3.8) is 0 Å². The van der Waals surface area contributed by atoms with E-state index in [1.165, 1.54) is 17.8 Å². The summed E-state index contributed by atoms with van der Waals surface area (Å²) in [4.78, 5) is 8.29. The zero-order chi connectivity index (χ0) is 13.1. The molecule has 18 heavy (non-hydrogen) atoms. The molecule has 0 spiro atoms. The number of anilines is 1. The first-order chi connectivity index (χ1) is 8.56. The Morgan fingerprint density at radius 3 is 2.83 bits per heavy atom. The van der Waals surface area contributed by atoms with Crippen LogP contribution >= 0.6 is 23.4 Å². The third kappa shape index (κ3) is 3.11. The molecule has 0 saturated heterocycles. The normalized spacial score (nSPS) is 10.6. The molecule has 2 rings (SSSR count). The van der Waals surface area contributed by atoms with Gasteiger partial charge in [0.15, 0.2) is 5.16 Å². The Morgan fingerprint density at radius 1 is 1.39 bits per heavy atom. The standard InChI is InChI=1S/C12H11ClFN3S/c1-7-5-11(15)17-12(16-7)18-6-8-9(13)3-2-4-10(8)14/h2-5H,6H2,1H3,(H2,15,16,17). The minimum absolute atomic E-state index is 0.323. The summed E-state index contributed by atoms with van der Waals surface area (Å²) in [6.45, 7) is 1.83. The summed E-state index contributed by atoms with van der Waals surface area (Å²) in [6.07, 6.45) is 0. The molecular formula is C12H11ClFN3S. The molecular weight excluding hydrogens is 273 g/mol. The molecule has 0 aliphatic heterocycles. The van der Waals surface area contributed by atoms with Gasteiger partial charge in [-0.1, -0.05) is 29.4 Å². The molecule has 1 heterocycles. The molecule has 0 aliphatic carbocycles. The second-order valence-corrected chi connectivity index (χ2v) is 5.06. The van der Waals surface area contributed by atoms with Crippen molar-refractivity contribution in [2.45, 2.75) is 17.8 Å². The van der Waals surface area contributed by atoms with Crippen LogP contribution in [0.15, 0.2) is 29.4 Å². The second kappa shape index (κ2) is 5.54. The van der Waals surface area contributed by atoms with Crippen molar-refractivity contribution in [3.05, 3.63) is 46.4 Å². The summed E-state index contributed by atoms with van der Waals surface area (Å²) in [5.41, 5.74) is 6.86. The van der Waals surface area contributed by atoms with Crippen LogP contribution in [-0.4, -0.2) is 9.97 Å². The zero-order valence-electron chi connectivity index (χ0n) is 9.65. The number of nitrogens with zero attached hydrogens (tertiary/aromatic N) is 2. The Morgan fingerprint density at radius 2 is 2.17 bits per heavy atom. The van der Waals surface area contributed by atoms with Crippen molar-refractivity contribution >= 4 is 29.2 Å². The van der Waals surface area contributed by atoms with Gasteiger partial charge in [-0.05, 0) is 19.1 Å². The number of benzene rings is 1. The van der Waals surface area contributed by atoms with Gasteiger partial charge in [-0.3, -0.25) is 0 Å². The maximum atomic E-state index is 13.5. The molecule has 0 bridgehead atoms. The van der Waals surface area contributed by atoms with E-state index in [2.05, 4.69) is 9.97 Å². The summed E-state index contributed by atoms with van der Waals surface area (Å²) in [5.74, 6) is 0.453. The number of hydrogen-bond acceptors (Lipinski definition) is 4. The van der Waals surface area contributed by atoms with Gasteiger partial charge in [-0.2, -0.15) is 0 Å². The Balaban J connectivity index is 2.16. The number of nitrogen functional groups attached to an aromatic ring is 1. The number of aromatic nitrogens is 2. The summed E-state index contributed by atoms with van der Waals surface area (Å²) in [7, 11) is 0. The largest absolute Gasteiger partial charge is 0.384 e. The Kier molecular flexibility index (Phi) is 4.04. The third-order valence-corrected chi connectivity index (χ3v) is 3.49. The molecule has 94 valence electrons. The lowest BCUT2D eigenvalue weighted by molar-refractivity contribution is 0.617. The topological polar surface area (TPSA) is 51.8 Å². The van der Waals surface area contributed by atoms with Crippen LogP contribution in [0.2, 0.25) is 5.02 Å². The van der Waals surface area contributed by atoms with Gasteiger partial charge >= 0.3 is 0 Å². The van der Waals surface area contributed by atoms with E-state index in [1.807, 2.05) is 6.92 Å². The van der Waals surface area contributed by atoms with Gasteiger partial charge in [0.05, 0.1) is 0 Å². The average Bonchev–Trinajstić information content (AvgIpc) is 2.27. The predicted molar refractivity (Wildman–Crippen MR) is 72.2 cm³/mol. The molecule has 0 aliphatic rings. The van der Waals surface area contributed by atoms with Gasteiger partial charge < -0.3 is 5.73 Å². The van der Waals surface area contributed by atoms with Crippen molar-refractivity contribution < 1.29 is 4.39 Å². The van der Waals surface area contributed by atoms with Crippen LogP contribution in [0.3, 0.4) is 0 Å². The number of rotatable bonds is 3. The fourth-order valence-electron chi connectivity index (χ4n) is 1.44. The molecule has 6 heteroatoms. The number of aryl methyl sites for hydroxylation is 1. The number of halogens is 2. The Hall–Kier alpha value is -1.33. The summed E-state index contributed by atoms with van der Waals surface area (Å²) in [6, 6.07) is 6.30. The van der Waals surface area contributed by atoms with E-state index in [0.29, 0.717) is 27.3 Å². The first-order valence-electron chi connectivity index (χ1n) is 5.23. The summed E-state index contributed by atoms with van der Waals surface area (Å²) >= 11 is 7.24. The lowest BCUT2D eigenvalue weighted by atomic mass is 10.2. The van der Waals surface area contributed by atoms with Crippen LogP contribution in [0.1, 0.15) is 11.3 Å². The Labute approximate surface area is 114 Å². The predicted octanol–water partition coefficient (Wildman–Crippen LogP) is 3.45. The number of nitrogens with two attached hydrogens (primary N) is 1. The van der Waals surface area contributed by atoms with Gasteiger partial charge in [0.25, 0.3) is 0 Å². The first-order valence-corrected chi connectivity index (χ1v) is 6.59. The molecule has 0 saturated carbocycles. The smallest absolute Gasteiger partial charge is 0.190 e. The fourth-order valence-corrected chi connectivity index (χ4v) is 2.69. The maximum Gasteiger partial charge on any atom is 0.190 e. The first kappa shape index (κ1) is 13.1. The molecule has 3 nitrogen and oxygen atoms in total.